The SMILES string of the molecule is CCCCCCCCCOc1ccc(-c2ccc(-c3ccc(C4CCC(CCCCCCC)CC4)c(F)c3F)cc2)c(F)c1F. The lowest BCUT2D eigenvalue weighted by molar-refractivity contribution is 0.285. The van der Waals surface area contributed by atoms with E-state index in [1.54, 1.807) is 36.4 Å². The van der Waals surface area contributed by atoms with Gasteiger partial charge in [0.05, 0.1) is 6.61 Å². The first-order chi connectivity index (χ1) is 21.9. The largest absolute Gasteiger partial charge is 0.490 e. The van der Waals surface area contributed by atoms with Gasteiger partial charge in [-0.2, -0.15) is 4.39 Å². The Labute approximate surface area is 268 Å². The Morgan fingerprint density at radius 3 is 1.64 bits per heavy atom. The van der Waals surface area contributed by atoms with Crippen LogP contribution in [0.2, 0.25) is 0 Å². The average Bonchev–Trinajstić information content (AvgIpc) is 3.06. The summed E-state index contributed by atoms with van der Waals surface area (Å²) < 4.78 is 66.1. The summed E-state index contributed by atoms with van der Waals surface area (Å²) in [5.41, 5.74) is 1.68. The molecular formula is C40H52F4O. The van der Waals surface area contributed by atoms with Crippen molar-refractivity contribution < 1.29 is 22.3 Å². The summed E-state index contributed by atoms with van der Waals surface area (Å²) in [6, 6.07) is 12.8. The minimum atomic E-state index is -1.01. The molecule has 4 rings (SSSR count). The third-order valence-corrected chi connectivity index (χ3v) is 9.67. The van der Waals surface area contributed by atoms with Crippen molar-refractivity contribution in [1.29, 1.82) is 0 Å². The summed E-state index contributed by atoms with van der Waals surface area (Å²) in [5, 5.41) is 0. The highest BCUT2D eigenvalue weighted by Crippen LogP contribution is 2.40. The van der Waals surface area contributed by atoms with Crippen LogP contribution >= 0.6 is 0 Å². The van der Waals surface area contributed by atoms with Crippen LogP contribution < -0.4 is 4.74 Å². The fraction of sp³-hybridized carbons (Fsp3) is 0.550. The zero-order valence-corrected chi connectivity index (χ0v) is 27.4. The lowest BCUT2D eigenvalue weighted by atomic mass is 9.76. The molecule has 3 aromatic carbocycles. The van der Waals surface area contributed by atoms with Crippen LogP contribution in [0.4, 0.5) is 17.6 Å². The molecule has 0 N–H and O–H groups in total. The standard InChI is InChI=1S/C40H52F4O/c1-3-5-7-9-10-12-14-28-45-36-27-26-35(39(43)40(36)44)32-22-20-31(21-23-32)34-25-24-33(37(41)38(34)42)30-18-16-29(17-19-30)15-13-11-8-6-4-2/h20-27,29-30H,3-19,28H2,1-2H3. The summed E-state index contributed by atoms with van der Waals surface area (Å²) >= 11 is 0. The van der Waals surface area contributed by atoms with Crippen molar-refractivity contribution in [3.8, 4) is 28.0 Å². The van der Waals surface area contributed by atoms with E-state index < -0.39 is 23.3 Å². The fourth-order valence-electron chi connectivity index (χ4n) is 6.84. The van der Waals surface area contributed by atoms with E-state index in [4.69, 9.17) is 4.74 Å². The van der Waals surface area contributed by atoms with Gasteiger partial charge in [-0.25, -0.2) is 13.2 Å². The van der Waals surface area contributed by atoms with Crippen LogP contribution in [-0.2, 0) is 0 Å². The van der Waals surface area contributed by atoms with Gasteiger partial charge in [-0.3, -0.25) is 0 Å². The Hall–Kier alpha value is -2.82. The summed E-state index contributed by atoms with van der Waals surface area (Å²) in [7, 11) is 0. The third kappa shape index (κ3) is 9.83. The van der Waals surface area contributed by atoms with E-state index in [1.807, 2.05) is 0 Å². The molecule has 0 saturated heterocycles. The number of ether oxygens (including phenoxy) is 1. The van der Waals surface area contributed by atoms with Gasteiger partial charge in [0.25, 0.3) is 0 Å². The maximum absolute atomic E-state index is 15.4. The fourth-order valence-corrected chi connectivity index (χ4v) is 6.84. The molecule has 0 atom stereocenters. The van der Waals surface area contributed by atoms with Crippen molar-refractivity contribution in [3.63, 3.8) is 0 Å². The van der Waals surface area contributed by atoms with Crippen molar-refractivity contribution in [2.45, 2.75) is 129 Å². The van der Waals surface area contributed by atoms with E-state index in [0.717, 1.165) is 44.9 Å². The van der Waals surface area contributed by atoms with E-state index in [2.05, 4.69) is 13.8 Å². The van der Waals surface area contributed by atoms with Crippen molar-refractivity contribution in [3.05, 3.63) is 77.4 Å². The third-order valence-electron chi connectivity index (χ3n) is 9.67. The van der Waals surface area contributed by atoms with Gasteiger partial charge < -0.3 is 4.74 Å². The predicted octanol–water partition coefficient (Wildman–Crippen LogP) is 13.3. The maximum Gasteiger partial charge on any atom is 0.201 e. The van der Waals surface area contributed by atoms with Crippen molar-refractivity contribution in [2.24, 2.45) is 5.92 Å². The van der Waals surface area contributed by atoms with Crippen LogP contribution in [-0.4, -0.2) is 6.61 Å². The monoisotopic (exact) mass is 624 g/mol. The highest BCUT2D eigenvalue weighted by atomic mass is 19.2. The summed E-state index contributed by atoms with van der Waals surface area (Å²) in [6.45, 7) is 4.76. The molecule has 0 amide bonds. The first-order valence-corrected chi connectivity index (χ1v) is 17.6. The van der Waals surface area contributed by atoms with Gasteiger partial charge in [0.2, 0.25) is 5.82 Å². The summed E-state index contributed by atoms with van der Waals surface area (Å²) in [4.78, 5) is 0. The molecule has 1 aliphatic carbocycles. The Bertz CT molecular complexity index is 1310. The van der Waals surface area contributed by atoms with Gasteiger partial charge in [0.15, 0.2) is 23.2 Å². The molecular weight excluding hydrogens is 572 g/mol. The van der Waals surface area contributed by atoms with Crippen LogP contribution in [0.3, 0.4) is 0 Å². The highest BCUT2D eigenvalue weighted by Gasteiger charge is 2.26. The van der Waals surface area contributed by atoms with Crippen LogP contribution in [0.1, 0.15) is 134 Å². The van der Waals surface area contributed by atoms with E-state index in [1.165, 1.54) is 76.3 Å². The molecule has 1 fully saturated rings. The molecule has 1 saturated carbocycles. The van der Waals surface area contributed by atoms with E-state index in [9.17, 15) is 4.39 Å². The second kappa shape index (κ2) is 18.4. The van der Waals surface area contributed by atoms with Gasteiger partial charge >= 0.3 is 0 Å². The molecule has 1 aliphatic rings. The number of benzene rings is 3. The second-order valence-corrected chi connectivity index (χ2v) is 13.0. The lowest BCUT2D eigenvalue weighted by Crippen LogP contribution is -2.15. The molecule has 0 radical (unpaired) electrons. The Kier molecular flexibility index (Phi) is 14.3. The van der Waals surface area contributed by atoms with Crippen LogP contribution in [0.15, 0.2) is 48.5 Å². The van der Waals surface area contributed by atoms with Crippen molar-refractivity contribution in [1.82, 2.24) is 0 Å². The zero-order valence-electron chi connectivity index (χ0n) is 27.4. The Morgan fingerprint density at radius 2 is 1.04 bits per heavy atom. The Balaban J connectivity index is 1.33. The van der Waals surface area contributed by atoms with Crippen LogP contribution in [0, 0.1) is 29.2 Å². The highest BCUT2D eigenvalue weighted by molar-refractivity contribution is 5.72. The number of unbranched alkanes of at least 4 members (excludes halogenated alkanes) is 10. The topological polar surface area (TPSA) is 9.23 Å². The molecule has 0 bridgehead atoms. The minimum Gasteiger partial charge on any atom is -0.490 e. The molecule has 0 spiro atoms. The van der Waals surface area contributed by atoms with Gasteiger partial charge in [-0.1, -0.05) is 127 Å². The van der Waals surface area contributed by atoms with Gasteiger partial charge in [-0.15, -0.1) is 0 Å². The van der Waals surface area contributed by atoms with E-state index in [0.29, 0.717) is 29.2 Å². The van der Waals surface area contributed by atoms with E-state index >= 15 is 13.2 Å². The maximum atomic E-state index is 15.4. The quantitative estimate of drug-likeness (QED) is 0.101. The molecule has 0 aliphatic heterocycles. The number of hydrogen-bond donors (Lipinski definition) is 0. The number of hydrogen-bond acceptors (Lipinski definition) is 1. The van der Waals surface area contributed by atoms with Gasteiger partial charge in [0.1, 0.15) is 0 Å². The van der Waals surface area contributed by atoms with Gasteiger partial charge in [-0.05, 0) is 72.8 Å². The van der Waals surface area contributed by atoms with Crippen LogP contribution in [0.5, 0.6) is 5.75 Å². The summed E-state index contributed by atoms with van der Waals surface area (Å²) in [6.07, 6.45) is 19.4. The van der Waals surface area contributed by atoms with Crippen LogP contribution in [0.25, 0.3) is 22.3 Å². The van der Waals surface area contributed by atoms with Gasteiger partial charge in [0, 0.05) is 11.1 Å². The molecule has 0 aromatic heterocycles. The molecule has 3 aromatic rings. The van der Waals surface area contributed by atoms with Crippen molar-refractivity contribution in [2.75, 3.05) is 6.61 Å². The summed E-state index contributed by atoms with van der Waals surface area (Å²) in [5.74, 6) is -2.94. The molecule has 5 heteroatoms. The van der Waals surface area contributed by atoms with Crippen molar-refractivity contribution >= 4 is 0 Å². The number of halogens is 4. The first kappa shape index (κ1) is 35.0. The first-order valence-electron chi connectivity index (χ1n) is 17.6. The smallest absolute Gasteiger partial charge is 0.201 e. The minimum absolute atomic E-state index is 0.0487. The Morgan fingerprint density at radius 1 is 0.533 bits per heavy atom. The average molecular weight is 625 g/mol. The molecule has 0 heterocycles. The van der Waals surface area contributed by atoms with E-state index in [-0.39, 0.29) is 22.8 Å². The molecule has 0 unspecified atom stereocenters. The lowest BCUT2D eigenvalue weighted by Gasteiger charge is -2.29. The molecule has 246 valence electrons. The second-order valence-electron chi connectivity index (χ2n) is 13.0. The number of rotatable bonds is 18. The molecule has 1 nitrogen and oxygen atoms in total. The molecule has 45 heavy (non-hydrogen) atoms. The normalized spacial score (nSPS) is 16.7. The zero-order chi connectivity index (χ0) is 32.0. The predicted molar refractivity (Wildman–Crippen MR) is 179 cm³/mol.